The molecule has 1 aromatic carbocycles. The van der Waals surface area contributed by atoms with Gasteiger partial charge in [0.05, 0.1) is 10.7 Å². The first-order chi connectivity index (χ1) is 6.00. The number of nitrogens with one attached hydrogen (secondary N) is 1. The van der Waals surface area contributed by atoms with Gasteiger partial charge in [0.25, 0.3) is 0 Å². The molecule has 0 saturated carbocycles. The lowest BCUT2D eigenvalue weighted by atomic mass is 10.2. The summed E-state index contributed by atoms with van der Waals surface area (Å²) in [5.41, 5.74) is 0.176. The predicted molar refractivity (Wildman–Crippen MR) is 49.1 cm³/mol. The SMILES string of the molecule is CC(=O)Nc1cc(Cl)c(O)cc1O. The molecular formula is C8H8ClNO3. The number of benzene rings is 1. The number of anilines is 1. The maximum Gasteiger partial charge on any atom is 0.221 e. The average molecular weight is 202 g/mol. The molecule has 0 aliphatic heterocycles. The topological polar surface area (TPSA) is 69.6 Å². The van der Waals surface area contributed by atoms with E-state index in [0.717, 1.165) is 6.07 Å². The number of hydrogen-bond donors (Lipinski definition) is 3. The van der Waals surface area contributed by atoms with Crippen molar-refractivity contribution >= 4 is 23.2 Å². The molecule has 0 spiro atoms. The number of halogens is 1. The molecular weight excluding hydrogens is 194 g/mol. The number of phenols is 2. The number of hydrogen-bond acceptors (Lipinski definition) is 3. The molecule has 1 amide bonds. The van der Waals surface area contributed by atoms with Crippen molar-refractivity contribution in [1.29, 1.82) is 0 Å². The van der Waals surface area contributed by atoms with Gasteiger partial charge in [0.2, 0.25) is 5.91 Å². The fourth-order valence-corrected chi connectivity index (χ4v) is 1.00. The second-order valence-corrected chi connectivity index (χ2v) is 2.91. The molecule has 3 N–H and O–H groups in total. The van der Waals surface area contributed by atoms with Crippen molar-refractivity contribution in [2.24, 2.45) is 0 Å². The van der Waals surface area contributed by atoms with Crippen LogP contribution in [0.2, 0.25) is 5.02 Å². The molecule has 0 radical (unpaired) electrons. The molecule has 0 aliphatic carbocycles. The molecule has 5 heteroatoms. The van der Waals surface area contributed by atoms with Crippen molar-refractivity contribution in [3.8, 4) is 11.5 Å². The van der Waals surface area contributed by atoms with Crippen LogP contribution in [0.5, 0.6) is 11.5 Å². The maximum atomic E-state index is 10.6. The number of amides is 1. The molecule has 0 saturated heterocycles. The van der Waals surface area contributed by atoms with Crippen LogP contribution < -0.4 is 5.32 Å². The van der Waals surface area contributed by atoms with Crippen molar-refractivity contribution in [3.05, 3.63) is 17.2 Å². The monoisotopic (exact) mass is 201 g/mol. The molecule has 0 aromatic heterocycles. The number of rotatable bonds is 1. The van der Waals surface area contributed by atoms with Crippen LogP contribution in [0.3, 0.4) is 0 Å². The summed E-state index contributed by atoms with van der Waals surface area (Å²) in [6, 6.07) is 2.33. The summed E-state index contributed by atoms with van der Waals surface area (Å²) < 4.78 is 0. The Balaban J connectivity index is 3.08. The molecule has 0 bridgehead atoms. The van der Waals surface area contributed by atoms with Gasteiger partial charge in [-0.05, 0) is 6.07 Å². The standard InChI is InChI=1S/C8H8ClNO3/c1-4(11)10-6-2-5(9)7(12)3-8(6)13/h2-3,12-13H,1H3,(H,10,11). The molecule has 0 aliphatic rings. The van der Waals surface area contributed by atoms with E-state index in [1.54, 1.807) is 0 Å². The first-order valence-electron chi connectivity index (χ1n) is 3.50. The normalized spacial score (nSPS) is 9.69. The van der Waals surface area contributed by atoms with Crippen LogP contribution in [0.1, 0.15) is 6.92 Å². The Bertz CT molecular complexity index is 351. The Morgan fingerprint density at radius 3 is 2.54 bits per heavy atom. The average Bonchev–Trinajstić information content (AvgIpc) is 1.99. The molecule has 4 nitrogen and oxygen atoms in total. The highest BCUT2D eigenvalue weighted by atomic mass is 35.5. The van der Waals surface area contributed by atoms with E-state index in [0.29, 0.717) is 0 Å². The third-order valence-electron chi connectivity index (χ3n) is 1.38. The summed E-state index contributed by atoms with van der Waals surface area (Å²) in [7, 11) is 0. The van der Waals surface area contributed by atoms with Crippen molar-refractivity contribution in [2.45, 2.75) is 6.92 Å². The van der Waals surface area contributed by atoms with Crippen molar-refractivity contribution in [3.63, 3.8) is 0 Å². The van der Waals surface area contributed by atoms with Gasteiger partial charge in [-0.15, -0.1) is 0 Å². The molecule has 13 heavy (non-hydrogen) atoms. The molecule has 0 fully saturated rings. The van der Waals surface area contributed by atoms with E-state index in [2.05, 4.69) is 5.32 Å². The number of carbonyl (C=O) groups excluding carboxylic acids is 1. The van der Waals surface area contributed by atoms with Crippen LogP contribution in [0.25, 0.3) is 0 Å². The Kier molecular flexibility index (Phi) is 2.63. The lowest BCUT2D eigenvalue weighted by molar-refractivity contribution is -0.114. The molecule has 70 valence electrons. The first kappa shape index (κ1) is 9.67. The number of aromatic hydroxyl groups is 2. The minimum absolute atomic E-state index is 0.0709. The van der Waals surface area contributed by atoms with Gasteiger partial charge in [-0.2, -0.15) is 0 Å². The minimum atomic E-state index is -0.322. The van der Waals surface area contributed by atoms with E-state index < -0.39 is 0 Å². The highest BCUT2D eigenvalue weighted by Crippen LogP contribution is 2.34. The summed E-state index contributed by atoms with van der Waals surface area (Å²) in [6.07, 6.45) is 0. The van der Waals surface area contributed by atoms with Gasteiger partial charge in [-0.1, -0.05) is 11.6 Å². The molecule has 1 rings (SSSR count). The Hall–Kier alpha value is -1.42. The van der Waals surface area contributed by atoms with Gasteiger partial charge in [0, 0.05) is 13.0 Å². The fourth-order valence-electron chi connectivity index (χ4n) is 0.841. The quantitative estimate of drug-likeness (QED) is 0.479. The van der Waals surface area contributed by atoms with Gasteiger partial charge in [-0.3, -0.25) is 4.79 Å². The molecule has 0 heterocycles. The van der Waals surface area contributed by atoms with E-state index in [9.17, 15) is 9.90 Å². The van der Waals surface area contributed by atoms with Gasteiger partial charge < -0.3 is 15.5 Å². The minimum Gasteiger partial charge on any atom is -0.506 e. The van der Waals surface area contributed by atoms with Gasteiger partial charge in [0.1, 0.15) is 11.5 Å². The lowest BCUT2D eigenvalue weighted by Crippen LogP contribution is -2.05. The van der Waals surface area contributed by atoms with Crippen LogP contribution in [0.4, 0.5) is 5.69 Å². The Morgan fingerprint density at radius 1 is 1.38 bits per heavy atom. The summed E-state index contributed by atoms with van der Waals surface area (Å²) >= 11 is 5.56. The smallest absolute Gasteiger partial charge is 0.221 e. The van der Waals surface area contributed by atoms with E-state index in [1.165, 1.54) is 13.0 Å². The van der Waals surface area contributed by atoms with Gasteiger partial charge in [0.15, 0.2) is 0 Å². The van der Waals surface area contributed by atoms with Crippen LogP contribution in [0, 0.1) is 0 Å². The van der Waals surface area contributed by atoms with E-state index >= 15 is 0 Å². The van der Waals surface area contributed by atoms with Crippen molar-refractivity contribution in [2.75, 3.05) is 5.32 Å². The summed E-state index contributed by atoms with van der Waals surface area (Å²) in [6.45, 7) is 1.31. The third-order valence-corrected chi connectivity index (χ3v) is 1.68. The second-order valence-electron chi connectivity index (χ2n) is 2.50. The van der Waals surface area contributed by atoms with E-state index in [1.807, 2.05) is 0 Å². The molecule has 0 unspecified atom stereocenters. The van der Waals surface area contributed by atoms with Crippen LogP contribution in [-0.2, 0) is 4.79 Å². The second kappa shape index (κ2) is 3.53. The van der Waals surface area contributed by atoms with E-state index in [4.69, 9.17) is 16.7 Å². The first-order valence-corrected chi connectivity index (χ1v) is 3.87. The number of phenolic OH excluding ortho intramolecular Hbond substituents is 2. The van der Waals surface area contributed by atoms with E-state index in [-0.39, 0.29) is 28.1 Å². The molecule has 1 aromatic rings. The fraction of sp³-hybridized carbons (Fsp3) is 0.125. The molecule has 0 atom stereocenters. The van der Waals surface area contributed by atoms with Gasteiger partial charge >= 0.3 is 0 Å². The maximum absolute atomic E-state index is 10.6. The van der Waals surface area contributed by atoms with Crippen LogP contribution in [-0.4, -0.2) is 16.1 Å². The zero-order valence-corrected chi connectivity index (χ0v) is 7.59. The van der Waals surface area contributed by atoms with Gasteiger partial charge in [-0.25, -0.2) is 0 Å². The highest BCUT2D eigenvalue weighted by molar-refractivity contribution is 6.32. The van der Waals surface area contributed by atoms with Crippen molar-refractivity contribution < 1.29 is 15.0 Å². The summed E-state index contributed by atoms with van der Waals surface area (Å²) in [4.78, 5) is 10.6. The third kappa shape index (κ3) is 2.26. The zero-order chi connectivity index (χ0) is 10.0. The highest BCUT2D eigenvalue weighted by Gasteiger charge is 2.07. The Labute approximate surface area is 79.8 Å². The largest absolute Gasteiger partial charge is 0.506 e. The van der Waals surface area contributed by atoms with Crippen LogP contribution in [0.15, 0.2) is 12.1 Å². The van der Waals surface area contributed by atoms with Crippen LogP contribution >= 0.6 is 11.6 Å². The Morgan fingerprint density at radius 2 is 2.00 bits per heavy atom. The number of carbonyl (C=O) groups is 1. The lowest BCUT2D eigenvalue weighted by Gasteiger charge is -2.06. The summed E-state index contributed by atoms with van der Waals surface area (Å²) in [5.74, 6) is -0.776. The summed E-state index contributed by atoms with van der Waals surface area (Å²) in [5, 5.41) is 20.7. The predicted octanol–water partition coefficient (Wildman–Crippen LogP) is 1.71. The van der Waals surface area contributed by atoms with Crippen molar-refractivity contribution in [1.82, 2.24) is 0 Å². The zero-order valence-electron chi connectivity index (χ0n) is 6.84.